The number of carboxylic acids is 1. The van der Waals surface area contributed by atoms with Crippen LogP contribution in [0.5, 0.6) is 0 Å². The molecule has 0 rings (SSSR count). The summed E-state index contributed by atoms with van der Waals surface area (Å²) in [5.74, 6) is -0.920. The molecule has 0 amide bonds. The van der Waals surface area contributed by atoms with Gasteiger partial charge in [-0.3, -0.25) is 9.18 Å². The van der Waals surface area contributed by atoms with Crippen LogP contribution in [0.1, 0.15) is 12.8 Å². The highest BCUT2D eigenvalue weighted by Crippen LogP contribution is 1.96. The number of halogens is 1. The van der Waals surface area contributed by atoms with Crippen LogP contribution in [0.4, 0.5) is 4.39 Å². The molecule has 0 aromatic rings. The van der Waals surface area contributed by atoms with E-state index in [2.05, 4.69) is 5.32 Å². The average molecular weight is 149 g/mol. The smallest absolute Gasteiger partial charge is 0.320 e. The summed E-state index contributed by atoms with van der Waals surface area (Å²) in [5, 5.41) is 11.0. The van der Waals surface area contributed by atoms with Crippen LogP contribution < -0.4 is 5.32 Å². The van der Waals surface area contributed by atoms with Crippen LogP contribution >= 0.6 is 0 Å². The number of aliphatic carboxylic acids is 1. The molecule has 60 valence electrons. The normalized spacial score (nSPS) is 13.0. The van der Waals surface area contributed by atoms with Gasteiger partial charge in [-0.1, -0.05) is 0 Å². The number of likely N-dealkylation sites (N-methyl/N-ethyl adjacent to an activating group) is 1. The summed E-state index contributed by atoms with van der Waals surface area (Å²) in [6, 6.07) is -0.601. The van der Waals surface area contributed by atoms with Gasteiger partial charge < -0.3 is 10.4 Å². The van der Waals surface area contributed by atoms with Crippen LogP contribution in [0.2, 0.25) is 0 Å². The average Bonchev–Trinajstić information content (AvgIpc) is 1.89. The fraction of sp³-hybridized carbons (Fsp3) is 0.833. The van der Waals surface area contributed by atoms with Gasteiger partial charge in [0.15, 0.2) is 0 Å². The van der Waals surface area contributed by atoms with E-state index < -0.39 is 18.7 Å². The minimum Gasteiger partial charge on any atom is -0.480 e. The molecule has 0 fully saturated rings. The maximum atomic E-state index is 11.5. The van der Waals surface area contributed by atoms with Gasteiger partial charge in [-0.15, -0.1) is 0 Å². The molecule has 0 aromatic carbocycles. The number of carbonyl (C=O) groups is 1. The molecule has 2 N–H and O–H groups in total. The van der Waals surface area contributed by atoms with Crippen molar-refractivity contribution in [3.63, 3.8) is 0 Å². The van der Waals surface area contributed by atoms with E-state index in [1.165, 1.54) is 0 Å². The number of carboxylic acid groups (broad SMARTS) is 1. The van der Waals surface area contributed by atoms with Gasteiger partial charge in [-0.05, 0) is 19.9 Å². The second-order valence-electron chi connectivity index (χ2n) is 2.01. The highest BCUT2D eigenvalue weighted by Gasteiger charge is 2.12. The lowest BCUT2D eigenvalue weighted by Crippen LogP contribution is -2.33. The Balaban J connectivity index is 3.50. The topological polar surface area (TPSA) is 49.3 Å². The summed E-state index contributed by atoms with van der Waals surface area (Å²) in [6.45, 7) is -0.453. The molecule has 0 aromatic heterocycles. The van der Waals surface area contributed by atoms with Crippen LogP contribution in [0, 0.1) is 0 Å². The standard InChI is InChI=1S/C6H12FNO2/c1-8-5(6(9)10)3-2-4-7/h5,8H,2-4H2,1H3,(H,9,10). The third kappa shape index (κ3) is 3.40. The molecule has 4 heteroatoms. The molecule has 0 bridgehead atoms. The van der Waals surface area contributed by atoms with E-state index in [0.717, 1.165) is 0 Å². The first-order chi connectivity index (χ1) is 4.72. The Kier molecular flexibility index (Phi) is 4.84. The van der Waals surface area contributed by atoms with Crippen molar-refractivity contribution in [3.8, 4) is 0 Å². The maximum Gasteiger partial charge on any atom is 0.320 e. The molecule has 0 saturated carbocycles. The summed E-state index contributed by atoms with van der Waals surface area (Å²) in [5.41, 5.74) is 0. The van der Waals surface area contributed by atoms with Crippen LogP contribution in [-0.4, -0.2) is 30.8 Å². The number of rotatable bonds is 5. The second kappa shape index (κ2) is 5.17. The van der Waals surface area contributed by atoms with Crippen LogP contribution in [0.25, 0.3) is 0 Å². The lowest BCUT2D eigenvalue weighted by molar-refractivity contribution is -0.139. The Hall–Kier alpha value is -0.640. The van der Waals surface area contributed by atoms with E-state index in [1.807, 2.05) is 0 Å². The highest BCUT2D eigenvalue weighted by molar-refractivity contribution is 5.73. The number of nitrogens with one attached hydrogen (secondary N) is 1. The van der Waals surface area contributed by atoms with Crippen molar-refractivity contribution in [2.45, 2.75) is 18.9 Å². The third-order valence-electron chi connectivity index (χ3n) is 1.27. The molecule has 0 heterocycles. The zero-order valence-corrected chi connectivity index (χ0v) is 5.93. The van der Waals surface area contributed by atoms with Crippen LogP contribution in [0.3, 0.4) is 0 Å². The molecule has 1 unspecified atom stereocenters. The zero-order valence-electron chi connectivity index (χ0n) is 5.93. The first kappa shape index (κ1) is 9.36. The molecule has 0 spiro atoms. The third-order valence-corrected chi connectivity index (χ3v) is 1.27. The lowest BCUT2D eigenvalue weighted by Gasteiger charge is -2.08. The number of hydrogen-bond acceptors (Lipinski definition) is 2. The summed E-state index contributed by atoms with van der Waals surface area (Å²) < 4.78 is 11.5. The van der Waals surface area contributed by atoms with E-state index in [0.29, 0.717) is 12.8 Å². The fourth-order valence-corrected chi connectivity index (χ4v) is 0.673. The highest BCUT2D eigenvalue weighted by atomic mass is 19.1. The van der Waals surface area contributed by atoms with Gasteiger partial charge >= 0.3 is 5.97 Å². The molecule has 0 radical (unpaired) electrons. The van der Waals surface area contributed by atoms with Crippen molar-refractivity contribution in [3.05, 3.63) is 0 Å². The first-order valence-corrected chi connectivity index (χ1v) is 3.18. The first-order valence-electron chi connectivity index (χ1n) is 3.18. The Morgan fingerprint density at radius 1 is 1.80 bits per heavy atom. The largest absolute Gasteiger partial charge is 0.480 e. The van der Waals surface area contributed by atoms with Crippen LogP contribution in [0.15, 0.2) is 0 Å². The van der Waals surface area contributed by atoms with Gasteiger partial charge in [0.25, 0.3) is 0 Å². The second-order valence-corrected chi connectivity index (χ2v) is 2.01. The molecule has 1 atom stereocenters. The van der Waals surface area contributed by atoms with Gasteiger partial charge in [0.1, 0.15) is 6.04 Å². The lowest BCUT2D eigenvalue weighted by atomic mass is 10.2. The van der Waals surface area contributed by atoms with Gasteiger partial charge in [0.2, 0.25) is 0 Å². The molecular weight excluding hydrogens is 137 g/mol. The SMILES string of the molecule is CNC(CCCF)C(=O)O. The van der Waals surface area contributed by atoms with Crippen molar-refractivity contribution in [2.75, 3.05) is 13.7 Å². The van der Waals surface area contributed by atoms with E-state index in [9.17, 15) is 9.18 Å². The Morgan fingerprint density at radius 2 is 2.40 bits per heavy atom. The predicted octanol–water partition coefficient (Wildman–Crippen LogP) is 0.409. The molecule has 0 aliphatic rings. The fourth-order valence-electron chi connectivity index (χ4n) is 0.673. The molecule has 0 saturated heterocycles. The minimum atomic E-state index is -0.920. The van der Waals surface area contributed by atoms with Gasteiger partial charge in [-0.2, -0.15) is 0 Å². The van der Waals surface area contributed by atoms with Gasteiger partial charge in [0, 0.05) is 0 Å². The zero-order chi connectivity index (χ0) is 7.98. The van der Waals surface area contributed by atoms with Gasteiger partial charge in [0.05, 0.1) is 6.67 Å². The summed E-state index contributed by atoms with van der Waals surface area (Å²) in [4.78, 5) is 10.3. The molecule has 0 aliphatic carbocycles. The van der Waals surface area contributed by atoms with E-state index >= 15 is 0 Å². The summed E-state index contributed by atoms with van der Waals surface area (Å²) >= 11 is 0. The summed E-state index contributed by atoms with van der Waals surface area (Å²) in [7, 11) is 1.55. The van der Waals surface area contributed by atoms with E-state index in [-0.39, 0.29) is 0 Å². The predicted molar refractivity (Wildman–Crippen MR) is 35.7 cm³/mol. The number of hydrogen-bond donors (Lipinski definition) is 2. The Labute approximate surface area is 59.2 Å². The summed E-state index contributed by atoms with van der Waals surface area (Å²) in [6.07, 6.45) is 0.653. The van der Waals surface area contributed by atoms with Crippen molar-refractivity contribution >= 4 is 5.97 Å². The number of alkyl halides is 1. The molecule has 0 aliphatic heterocycles. The van der Waals surface area contributed by atoms with Crippen molar-refractivity contribution in [1.82, 2.24) is 5.32 Å². The minimum absolute atomic E-state index is 0.303. The molecule has 10 heavy (non-hydrogen) atoms. The van der Waals surface area contributed by atoms with Crippen molar-refractivity contribution < 1.29 is 14.3 Å². The molecular formula is C6H12FNO2. The quantitative estimate of drug-likeness (QED) is 0.595. The van der Waals surface area contributed by atoms with E-state index in [1.54, 1.807) is 7.05 Å². The Bertz CT molecular complexity index is 108. The van der Waals surface area contributed by atoms with Crippen molar-refractivity contribution in [1.29, 1.82) is 0 Å². The van der Waals surface area contributed by atoms with Gasteiger partial charge in [-0.25, -0.2) is 0 Å². The Morgan fingerprint density at radius 3 is 2.70 bits per heavy atom. The molecule has 3 nitrogen and oxygen atoms in total. The maximum absolute atomic E-state index is 11.5. The van der Waals surface area contributed by atoms with Crippen molar-refractivity contribution in [2.24, 2.45) is 0 Å². The van der Waals surface area contributed by atoms with Crippen LogP contribution in [-0.2, 0) is 4.79 Å². The monoisotopic (exact) mass is 149 g/mol. The van der Waals surface area contributed by atoms with E-state index in [4.69, 9.17) is 5.11 Å².